The van der Waals surface area contributed by atoms with Gasteiger partial charge in [0.1, 0.15) is 0 Å². The molecule has 0 saturated carbocycles. The van der Waals surface area contributed by atoms with Crippen LogP contribution < -0.4 is 15.8 Å². The molecule has 5 nitrogen and oxygen atoms in total. The smallest absolute Gasteiger partial charge is 0.213 e. The third-order valence-electron chi connectivity index (χ3n) is 2.73. The molecule has 6 heteroatoms. The molecular weight excluding hydrogens is 391 g/mol. The maximum Gasteiger partial charge on any atom is 0.213 e. The second-order valence-corrected chi connectivity index (χ2v) is 4.55. The molecule has 118 valence electrons. The van der Waals surface area contributed by atoms with Gasteiger partial charge in [-0.1, -0.05) is 31.2 Å². The van der Waals surface area contributed by atoms with E-state index in [4.69, 9.17) is 10.5 Å². The molecule has 1 aromatic heterocycles. The van der Waals surface area contributed by atoms with Crippen molar-refractivity contribution in [2.24, 2.45) is 10.7 Å². The van der Waals surface area contributed by atoms with Gasteiger partial charge in [-0.15, -0.1) is 24.0 Å². The number of nitrogens with zero attached hydrogens (tertiary/aromatic N) is 2. The topological polar surface area (TPSA) is 72.5 Å². The molecule has 22 heavy (non-hydrogen) atoms. The third kappa shape index (κ3) is 6.30. The normalized spacial score (nSPS) is 10.7. The first-order valence-electron chi connectivity index (χ1n) is 6.97. The summed E-state index contributed by atoms with van der Waals surface area (Å²) in [6, 6.07) is 13.5. The molecule has 2 aromatic rings. The molecule has 0 aliphatic rings. The summed E-state index contributed by atoms with van der Waals surface area (Å²) in [6.45, 7) is 3.22. The van der Waals surface area contributed by atoms with E-state index in [-0.39, 0.29) is 24.0 Å². The molecule has 1 aromatic carbocycles. The quantitative estimate of drug-likeness (QED) is 0.433. The van der Waals surface area contributed by atoms with Gasteiger partial charge >= 0.3 is 0 Å². The fourth-order valence-electron chi connectivity index (χ4n) is 1.68. The Kier molecular flexibility index (Phi) is 8.27. The van der Waals surface area contributed by atoms with Crippen molar-refractivity contribution >= 4 is 35.6 Å². The van der Waals surface area contributed by atoms with Gasteiger partial charge in [-0.25, -0.2) is 9.98 Å². The van der Waals surface area contributed by atoms with Crippen LogP contribution in [0, 0.1) is 0 Å². The molecule has 0 aliphatic carbocycles. The number of pyridine rings is 1. The van der Waals surface area contributed by atoms with E-state index in [1.54, 1.807) is 6.20 Å². The van der Waals surface area contributed by atoms with Gasteiger partial charge in [0.05, 0.1) is 13.2 Å². The van der Waals surface area contributed by atoms with Crippen LogP contribution in [0.15, 0.2) is 53.7 Å². The lowest BCUT2D eigenvalue weighted by Crippen LogP contribution is -2.22. The Morgan fingerprint density at radius 3 is 2.64 bits per heavy atom. The Labute approximate surface area is 148 Å². The van der Waals surface area contributed by atoms with Crippen LogP contribution >= 0.6 is 24.0 Å². The average molecular weight is 412 g/mol. The van der Waals surface area contributed by atoms with E-state index in [0.717, 1.165) is 17.7 Å². The van der Waals surface area contributed by atoms with Crippen molar-refractivity contribution in [3.63, 3.8) is 0 Å². The van der Waals surface area contributed by atoms with Gasteiger partial charge in [-0.05, 0) is 24.1 Å². The van der Waals surface area contributed by atoms with Crippen LogP contribution in [0.25, 0.3) is 0 Å². The Balaban J connectivity index is 0.00000242. The van der Waals surface area contributed by atoms with E-state index in [0.29, 0.717) is 25.0 Å². The first-order valence-corrected chi connectivity index (χ1v) is 6.97. The predicted octanol–water partition coefficient (Wildman–Crippen LogP) is 3.42. The highest BCUT2D eigenvalue weighted by Gasteiger charge is 1.97. The molecule has 1 heterocycles. The predicted molar refractivity (Wildman–Crippen MR) is 101 cm³/mol. The van der Waals surface area contributed by atoms with Crippen molar-refractivity contribution < 1.29 is 4.74 Å². The van der Waals surface area contributed by atoms with Crippen molar-refractivity contribution in [2.75, 3.05) is 11.9 Å². The molecule has 0 amide bonds. The monoisotopic (exact) mass is 412 g/mol. The van der Waals surface area contributed by atoms with Gasteiger partial charge in [0.25, 0.3) is 0 Å². The van der Waals surface area contributed by atoms with Gasteiger partial charge in [-0.2, -0.15) is 0 Å². The van der Waals surface area contributed by atoms with E-state index >= 15 is 0 Å². The number of ether oxygens (including phenoxy) is 1. The van der Waals surface area contributed by atoms with Crippen molar-refractivity contribution in [1.29, 1.82) is 0 Å². The van der Waals surface area contributed by atoms with E-state index < -0.39 is 0 Å². The van der Waals surface area contributed by atoms with Crippen molar-refractivity contribution in [2.45, 2.75) is 19.9 Å². The van der Waals surface area contributed by atoms with E-state index in [2.05, 4.69) is 22.2 Å². The largest absolute Gasteiger partial charge is 0.478 e. The summed E-state index contributed by atoms with van der Waals surface area (Å²) in [5, 5.41) is 3.03. The SMILES string of the molecule is CCCOc1ccc(CN=C(N)Nc2ccccc2)cn1.I. The van der Waals surface area contributed by atoms with Crippen LogP contribution in [-0.2, 0) is 6.54 Å². The van der Waals surface area contributed by atoms with Crippen LogP contribution in [0.3, 0.4) is 0 Å². The Morgan fingerprint density at radius 1 is 1.23 bits per heavy atom. The van der Waals surface area contributed by atoms with E-state index in [1.165, 1.54) is 0 Å². The number of hydrogen-bond acceptors (Lipinski definition) is 3. The van der Waals surface area contributed by atoms with E-state index in [9.17, 15) is 0 Å². The minimum atomic E-state index is 0. The lowest BCUT2D eigenvalue weighted by molar-refractivity contribution is 0.305. The Hall–Kier alpha value is -1.83. The maximum absolute atomic E-state index is 5.84. The number of nitrogens with one attached hydrogen (secondary N) is 1. The first-order chi connectivity index (χ1) is 10.3. The minimum absolute atomic E-state index is 0. The number of para-hydroxylation sites is 1. The second kappa shape index (κ2) is 9.99. The highest BCUT2D eigenvalue weighted by atomic mass is 127. The fourth-order valence-corrected chi connectivity index (χ4v) is 1.68. The summed E-state index contributed by atoms with van der Waals surface area (Å²) in [5.74, 6) is 1.02. The lowest BCUT2D eigenvalue weighted by atomic mass is 10.3. The zero-order valence-electron chi connectivity index (χ0n) is 12.5. The van der Waals surface area contributed by atoms with Gasteiger partial charge in [-0.3, -0.25) is 0 Å². The van der Waals surface area contributed by atoms with Crippen LogP contribution in [0.4, 0.5) is 5.69 Å². The number of nitrogens with two attached hydrogens (primary N) is 1. The third-order valence-corrected chi connectivity index (χ3v) is 2.73. The molecular formula is C16H21IN4O. The Bertz CT molecular complexity index is 572. The van der Waals surface area contributed by atoms with Crippen molar-refractivity contribution in [3.8, 4) is 5.88 Å². The molecule has 0 spiro atoms. The molecule has 0 fully saturated rings. The van der Waals surface area contributed by atoms with Crippen LogP contribution in [0.1, 0.15) is 18.9 Å². The molecule has 0 atom stereocenters. The average Bonchev–Trinajstić information content (AvgIpc) is 2.53. The summed E-state index contributed by atoms with van der Waals surface area (Å²) < 4.78 is 5.43. The molecule has 3 N–H and O–H groups in total. The van der Waals surface area contributed by atoms with Crippen molar-refractivity contribution in [3.05, 3.63) is 54.2 Å². The van der Waals surface area contributed by atoms with Crippen LogP contribution in [0.5, 0.6) is 5.88 Å². The number of halogens is 1. The zero-order valence-corrected chi connectivity index (χ0v) is 14.9. The van der Waals surface area contributed by atoms with Crippen LogP contribution in [0.2, 0.25) is 0 Å². The first kappa shape index (κ1) is 18.2. The molecule has 2 rings (SSSR count). The number of rotatable bonds is 6. The minimum Gasteiger partial charge on any atom is -0.478 e. The van der Waals surface area contributed by atoms with Gasteiger partial charge in [0.2, 0.25) is 5.88 Å². The zero-order chi connectivity index (χ0) is 14.9. The van der Waals surface area contributed by atoms with Crippen molar-refractivity contribution in [1.82, 2.24) is 4.98 Å². The summed E-state index contributed by atoms with van der Waals surface area (Å²) >= 11 is 0. The lowest BCUT2D eigenvalue weighted by Gasteiger charge is -2.06. The number of benzene rings is 1. The standard InChI is InChI=1S/C16H20N4O.HI/c1-2-10-21-15-9-8-13(11-18-15)12-19-16(17)20-14-6-4-3-5-7-14;/h3-9,11H,2,10,12H2,1H3,(H3,17,19,20);1H. The maximum atomic E-state index is 5.84. The number of anilines is 1. The number of hydrogen-bond donors (Lipinski definition) is 2. The van der Waals surface area contributed by atoms with E-state index in [1.807, 2.05) is 42.5 Å². The van der Waals surface area contributed by atoms with Crippen LogP contribution in [-0.4, -0.2) is 17.6 Å². The fraction of sp³-hybridized carbons (Fsp3) is 0.250. The van der Waals surface area contributed by atoms with Gasteiger partial charge in [0, 0.05) is 18.0 Å². The van der Waals surface area contributed by atoms with Gasteiger partial charge < -0.3 is 15.8 Å². The number of aliphatic imine (C=N–C) groups is 1. The molecule has 0 radical (unpaired) electrons. The highest BCUT2D eigenvalue weighted by molar-refractivity contribution is 14.0. The molecule has 0 unspecified atom stereocenters. The molecule has 0 aliphatic heterocycles. The second-order valence-electron chi connectivity index (χ2n) is 4.55. The number of aromatic nitrogens is 1. The summed E-state index contributed by atoms with van der Waals surface area (Å²) in [5.41, 5.74) is 7.74. The molecule has 0 saturated heterocycles. The Morgan fingerprint density at radius 2 is 2.00 bits per heavy atom. The summed E-state index contributed by atoms with van der Waals surface area (Å²) in [6.07, 6.45) is 2.72. The highest BCUT2D eigenvalue weighted by Crippen LogP contribution is 2.09. The molecule has 0 bridgehead atoms. The summed E-state index contributed by atoms with van der Waals surface area (Å²) in [4.78, 5) is 8.51. The summed E-state index contributed by atoms with van der Waals surface area (Å²) in [7, 11) is 0. The number of guanidine groups is 1. The van der Waals surface area contributed by atoms with Gasteiger partial charge in [0.15, 0.2) is 5.96 Å².